The van der Waals surface area contributed by atoms with Crippen molar-refractivity contribution in [2.24, 2.45) is 22.9 Å². The summed E-state index contributed by atoms with van der Waals surface area (Å²) in [6.45, 7) is 4.64. The highest BCUT2D eigenvalue weighted by atomic mass is 19.1. The van der Waals surface area contributed by atoms with Gasteiger partial charge in [-0.25, -0.2) is 4.39 Å². The summed E-state index contributed by atoms with van der Waals surface area (Å²) in [5.74, 6) is -0.648. The van der Waals surface area contributed by atoms with Crippen LogP contribution in [-0.2, 0) is 34.0 Å². The molecule has 4 aromatic carbocycles. The molecule has 4 aromatic rings. The fourth-order valence-electron chi connectivity index (χ4n) is 9.61. The Morgan fingerprint density at radius 3 is 2.44 bits per heavy atom. The zero-order valence-corrected chi connectivity index (χ0v) is 35.8. The summed E-state index contributed by atoms with van der Waals surface area (Å²) in [6.07, 6.45) is 8.93. The first-order valence-electron chi connectivity index (χ1n) is 21.8. The molecule has 62 heavy (non-hydrogen) atoms. The number of nitrogens with zero attached hydrogens (tertiary/aromatic N) is 2. The molecule has 0 aromatic heterocycles. The Balaban J connectivity index is 1.38. The Bertz CT molecular complexity index is 2200. The predicted molar refractivity (Wildman–Crippen MR) is 236 cm³/mol. The number of hydrogen-bond donors (Lipinski definition) is 2. The van der Waals surface area contributed by atoms with Gasteiger partial charge in [0.1, 0.15) is 42.3 Å². The second kappa shape index (κ2) is 21.1. The number of likely N-dealkylation sites (N-methyl/N-ethyl adjacent to an activating group) is 1. The van der Waals surface area contributed by atoms with Crippen LogP contribution < -0.4 is 14.2 Å². The third-order valence-electron chi connectivity index (χ3n) is 12.6. The number of carbonyl (C=O) groups is 1. The summed E-state index contributed by atoms with van der Waals surface area (Å²) in [5.41, 5.74) is 4.79. The SMILES string of the molecule is C=CCOC12Oc3ccc(OCc4ccccc4F)cc3C3C(CCCCO)C(CCCCO)C=C(C(=NOCc4ccccc4)CC1N(C)C(=O)Cc1cccc(OC)c1)C32. The van der Waals surface area contributed by atoms with Gasteiger partial charge in [0.25, 0.3) is 0 Å². The quantitative estimate of drug-likeness (QED) is 0.0485. The molecule has 0 spiro atoms. The summed E-state index contributed by atoms with van der Waals surface area (Å²) < 4.78 is 40.9. The lowest BCUT2D eigenvalue weighted by molar-refractivity contribution is -0.255. The molecule has 6 unspecified atom stereocenters. The van der Waals surface area contributed by atoms with Crippen molar-refractivity contribution in [2.45, 2.75) is 82.3 Å². The molecule has 7 rings (SSSR count). The maximum absolute atomic E-state index is 14.8. The number of aliphatic hydroxyl groups excluding tert-OH is 2. The molecule has 3 aliphatic rings. The average Bonchev–Trinajstić information content (AvgIpc) is 3.29. The van der Waals surface area contributed by atoms with Gasteiger partial charge in [-0.05, 0) is 90.6 Å². The topological polar surface area (TPSA) is 119 Å². The minimum absolute atomic E-state index is 0.0354. The zero-order valence-electron chi connectivity index (χ0n) is 35.8. The van der Waals surface area contributed by atoms with Crippen molar-refractivity contribution in [3.8, 4) is 17.2 Å². The number of carbonyl (C=O) groups excluding carboxylic acids is 1. The van der Waals surface area contributed by atoms with Crippen LogP contribution in [-0.4, -0.2) is 72.5 Å². The third kappa shape index (κ3) is 9.91. The van der Waals surface area contributed by atoms with Crippen molar-refractivity contribution in [3.63, 3.8) is 0 Å². The molecule has 1 saturated carbocycles. The Morgan fingerprint density at radius 1 is 0.919 bits per heavy atom. The smallest absolute Gasteiger partial charge is 0.239 e. The number of benzene rings is 4. The van der Waals surface area contributed by atoms with Gasteiger partial charge >= 0.3 is 0 Å². The van der Waals surface area contributed by atoms with Gasteiger partial charge in [-0.1, -0.05) is 90.8 Å². The first-order valence-corrected chi connectivity index (χ1v) is 21.8. The minimum atomic E-state index is -1.39. The number of methoxy groups -OCH3 is 1. The molecular weight excluding hydrogens is 788 g/mol. The maximum atomic E-state index is 14.8. The Labute approximate surface area is 364 Å². The van der Waals surface area contributed by atoms with E-state index in [0.29, 0.717) is 41.4 Å². The van der Waals surface area contributed by atoms with Gasteiger partial charge in [0.2, 0.25) is 11.7 Å². The molecule has 10 nitrogen and oxygen atoms in total. The number of allylic oxidation sites excluding steroid dienone is 1. The van der Waals surface area contributed by atoms with Gasteiger partial charge in [-0.15, -0.1) is 6.58 Å². The van der Waals surface area contributed by atoms with Crippen molar-refractivity contribution in [2.75, 3.05) is 34.0 Å². The maximum Gasteiger partial charge on any atom is 0.239 e. The fraction of sp³-hybridized carbons (Fsp3) is 0.412. The van der Waals surface area contributed by atoms with Crippen LogP contribution in [0.15, 0.2) is 127 Å². The van der Waals surface area contributed by atoms with Gasteiger partial charge in [-0.2, -0.15) is 0 Å². The van der Waals surface area contributed by atoms with Gasteiger partial charge in [0.15, 0.2) is 0 Å². The van der Waals surface area contributed by atoms with Crippen LogP contribution in [0.3, 0.4) is 0 Å². The van der Waals surface area contributed by atoms with Crippen LogP contribution in [0.5, 0.6) is 17.2 Å². The first kappa shape index (κ1) is 44.6. The van der Waals surface area contributed by atoms with Crippen molar-refractivity contribution in [1.29, 1.82) is 0 Å². The van der Waals surface area contributed by atoms with E-state index in [-0.39, 0.29) is 75.4 Å². The van der Waals surface area contributed by atoms with E-state index in [1.54, 1.807) is 43.3 Å². The highest BCUT2D eigenvalue weighted by Gasteiger charge is 2.65. The first-order chi connectivity index (χ1) is 30.3. The average molecular weight is 847 g/mol. The van der Waals surface area contributed by atoms with Gasteiger partial charge < -0.3 is 38.9 Å². The lowest BCUT2D eigenvalue weighted by Gasteiger charge is -2.59. The Hall–Kier alpha value is -5.49. The largest absolute Gasteiger partial charge is 0.497 e. The van der Waals surface area contributed by atoms with E-state index in [0.717, 1.165) is 47.9 Å². The van der Waals surface area contributed by atoms with Gasteiger partial charge in [0.05, 0.1) is 31.8 Å². The standard InChI is InChI=1S/C51H59FN2O8/c1-4-27-60-51-47(54(2)48(57)29-36-17-14-20-39(28-36)58-3)32-45(53-61-33-35-15-6-5-7-16-35)42-30-37(18-10-12-25-55)41(21-11-13-26-56)49(50(42)51)43-31-40(23-24-46(43)62-51)59-34-38-19-8-9-22-44(38)52/h4-9,14-17,19-20,22-24,28,30-31,37,41,47,49-50,55-56H,1,10-13,18,21,25-27,29,32-34H2,2-3H3. The van der Waals surface area contributed by atoms with Crippen LogP contribution in [0.25, 0.3) is 0 Å². The van der Waals surface area contributed by atoms with E-state index in [4.69, 9.17) is 28.9 Å². The lowest BCUT2D eigenvalue weighted by atomic mass is 9.55. The van der Waals surface area contributed by atoms with Crippen LogP contribution in [0, 0.1) is 23.6 Å². The van der Waals surface area contributed by atoms with E-state index in [9.17, 15) is 19.4 Å². The predicted octanol–water partition coefficient (Wildman–Crippen LogP) is 8.95. The highest BCUT2D eigenvalue weighted by molar-refractivity contribution is 6.03. The molecule has 1 amide bonds. The summed E-state index contributed by atoms with van der Waals surface area (Å²) >= 11 is 0. The minimum Gasteiger partial charge on any atom is -0.497 e. The summed E-state index contributed by atoms with van der Waals surface area (Å²) in [7, 11) is 3.41. The molecule has 0 bridgehead atoms. The normalized spacial score (nSPS) is 23.0. The molecule has 6 atom stereocenters. The van der Waals surface area contributed by atoms with E-state index >= 15 is 0 Å². The molecule has 0 radical (unpaired) electrons. The zero-order chi connectivity index (χ0) is 43.5. The Kier molecular flexibility index (Phi) is 15.1. The molecular formula is C51H59FN2O8. The molecule has 11 heteroatoms. The van der Waals surface area contributed by atoms with Crippen LogP contribution in [0.1, 0.15) is 73.1 Å². The van der Waals surface area contributed by atoms with Crippen molar-refractivity contribution in [1.82, 2.24) is 4.90 Å². The molecule has 2 aliphatic carbocycles. The lowest BCUT2D eigenvalue weighted by Crippen LogP contribution is -2.69. The monoisotopic (exact) mass is 846 g/mol. The molecule has 0 saturated heterocycles. The number of hydrogen-bond acceptors (Lipinski definition) is 9. The van der Waals surface area contributed by atoms with Gasteiger partial charge in [-0.3, -0.25) is 4.79 Å². The van der Waals surface area contributed by atoms with E-state index in [2.05, 4.69) is 12.7 Å². The second-order valence-corrected chi connectivity index (χ2v) is 16.4. The summed E-state index contributed by atoms with van der Waals surface area (Å²) in [4.78, 5) is 22.5. The number of rotatable bonds is 21. The fourth-order valence-corrected chi connectivity index (χ4v) is 9.61. The molecule has 328 valence electrons. The van der Waals surface area contributed by atoms with Crippen molar-refractivity contribution < 1.29 is 43.2 Å². The van der Waals surface area contributed by atoms with E-state index < -0.39 is 17.7 Å². The summed E-state index contributed by atoms with van der Waals surface area (Å²) in [5, 5.41) is 24.8. The highest BCUT2D eigenvalue weighted by Crippen LogP contribution is 2.62. The number of unbranched alkanes of at least 4 members (excludes halogenated alkanes) is 2. The van der Waals surface area contributed by atoms with Crippen molar-refractivity contribution >= 4 is 11.6 Å². The number of halogens is 1. The van der Waals surface area contributed by atoms with Crippen molar-refractivity contribution in [3.05, 3.63) is 149 Å². The Morgan fingerprint density at radius 2 is 1.68 bits per heavy atom. The molecule has 1 aliphatic heterocycles. The van der Waals surface area contributed by atoms with Gasteiger partial charge in [0, 0.05) is 43.7 Å². The number of oxime groups is 1. The van der Waals surface area contributed by atoms with Crippen LogP contribution in [0.4, 0.5) is 4.39 Å². The molecule has 1 fully saturated rings. The van der Waals surface area contributed by atoms with E-state index in [1.165, 1.54) is 6.07 Å². The van der Waals surface area contributed by atoms with Crippen LogP contribution >= 0.6 is 0 Å². The molecule has 2 N–H and O–H groups in total. The second-order valence-electron chi connectivity index (χ2n) is 16.4. The van der Waals surface area contributed by atoms with E-state index in [1.807, 2.05) is 72.8 Å². The van der Waals surface area contributed by atoms with Crippen LogP contribution in [0.2, 0.25) is 0 Å². The number of ether oxygens (including phenoxy) is 4. The number of amides is 1. The summed E-state index contributed by atoms with van der Waals surface area (Å²) in [6, 6.07) is 29.0. The number of aliphatic hydroxyl groups is 2. The molecule has 1 heterocycles. The third-order valence-corrected chi connectivity index (χ3v) is 12.6. The number of fused-ring (bicyclic) bond motifs is 2.